The van der Waals surface area contributed by atoms with Gasteiger partial charge >= 0.3 is 5.76 Å². The largest absolute Gasteiger partial charge is 0.419 e. The Bertz CT molecular complexity index is 1220. The molecule has 0 saturated heterocycles. The quantitative estimate of drug-likeness (QED) is 0.650. The lowest BCUT2D eigenvalue weighted by Crippen LogP contribution is -2.36. The Balaban J connectivity index is 1.47. The summed E-state index contributed by atoms with van der Waals surface area (Å²) in [5.74, 6) is -0.646. The second-order valence-electron chi connectivity index (χ2n) is 8.22. The standard InChI is InChI=1S/C24H24FN3O3/c1-28-21-13-17(8-9-22(21)31-24(28)30)16-6-7-18(20(25)12-16)11-19(14-26)27-23(29)10-15-4-2-3-5-15/h6-9,12-13,15,19H,2-5,10-11H2,1H3,(H,27,29)/t19-/m0/s1. The van der Waals surface area contributed by atoms with Gasteiger partial charge in [-0.25, -0.2) is 9.18 Å². The number of benzene rings is 2. The average Bonchev–Trinajstić information content (AvgIpc) is 3.36. The Morgan fingerprint density at radius 2 is 1.97 bits per heavy atom. The van der Waals surface area contributed by atoms with Crippen LogP contribution in [0, 0.1) is 23.1 Å². The maximum atomic E-state index is 14.8. The van der Waals surface area contributed by atoms with E-state index < -0.39 is 17.6 Å². The Morgan fingerprint density at radius 3 is 2.68 bits per heavy atom. The Kier molecular flexibility index (Phi) is 5.90. The first-order valence-corrected chi connectivity index (χ1v) is 10.5. The fraction of sp³-hybridized carbons (Fsp3) is 0.375. The van der Waals surface area contributed by atoms with Gasteiger partial charge in [0.05, 0.1) is 11.6 Å². The molecule has 0 radical (unpaired) electrons. The molecule has 1 saturated carbocycles. The van der Waals surface area contributed by atoms with E-state index in [0.717, 1.165) is 31.2 Å². The summed E-state index contributed by atoms with van der Waals surface area (Å²) in [6.45, 7) is 0. The third-order valence-electron chi connectivity index (χ3n) is 6.04. The molecule has 7 heteroatoms. The van der Waals surface area contributed by atoms with Crippen molar-refractivity contribution < 1.29 is 13.6 Å². The summed E-state index contributed by atoms with van der Waals surface area (Å²) in [6.07, 6.45) is 4.95. The highest BCUT2D eigenvalue weighted by atomic mass is 19.1. The summed E-state index contributed by atoms with van der Waals surface area (Å²) in [5.41, 5.74) is 2.86. The predicted molar refractivity (Wildman–Crippen MR) is 115 cm³/mol. The van der Waals surface area contributed by atoms with E-state index in [0.29, 0.717) is 34.6 Å². The van der Waals surface area contributed by atoms with Crippen LogP contribution in [0.3, 0.4) is 0 Å². The van der Waals surface area contributed by atoms with E-state index in [1.807, 2.05) is 0 Å². The van der Waals surface area contributed by atoms with Crippen LogP contribution < -0.4 is 11.1 Å². The first-order valence-electron chi connectivity index (χ1n) is 10.5. The molecule has 0 spiro atoms. The molecule has 1 N–H and O–H groups in total. The number of fused-ring (bicyclic) bond motifs is 1. The first-order chi connectivity index (χ1) is 14.9. The van der Waals surface area contributed by atoms with Crippen LogP contribution in [0.5, 0.6) is 0 Å². The van der Waals surface area contributed by atoms with Crippen molar-refractivity contribution in [3.05, 3.63) is 58.3 Å². The molecule has 2 aromatic carbocycles. The van der Waals surface area contributed by atoms with Crippen LogP contribution in [0.25, 0.3) is 22.2 Å². The van der Waals surface area contributed by atoms with E-state index in [2.05, 4.69) is 11.4 Å². The summed E-state index contributed by atoms with van der Waals surface area (Å²) in [7, 11) is 1.62. The monoisotopic (exact) mass is 421 g/mol. The van der Waals surface area contributed by atoms with E-state index in [-0.39, 0.29) is 12.3 Å². The summed E-state index contributed by atoms with van der Waals surface area (Å²) >= 11 is 0. The topological polar surface area (TPSA) is 88.0 Å². The minimum atomic E-state index is -0.772. The highest BCUT2D eigenvalue weighted by Gasteiger charge is 2.21. The molecular weight excluding hydrogens is 397 g/mol. The fourth-order valence-corrected chi connectivity index (χ4v) is 4.28. The van der Waals surface area contributed by atoms with Crippen LogP contribution in [0.4, 0.5) is 4.39 Å². The fourth-order valence-electron chi connectivity index (χ4n) is 4.28. The number of nitriles is 1. The molecule has 160 valence electrons. The van der Waals surface area contributed by atoms with Crippen LogP contribution in [0.15, 0.2) is 45.6 Å². The minimum Gasteiger partial charge on any atom is -0.408 e. The number of aryl methyl sites for hydroxylation is 1. The Labute approximate surface area is 179 Å². The predicted octanol–water partition coefficient (Wildman–Crippen LogP) is 4.07. The number of halogens is 1. The van der Waals surface area contributed by atoms with Gasteiger partial charge in [0.15, 0.2) is 5.58 Å². The molecule has 1 aromatic heterocycles. The molecule has 0 aliphatic heterocycles. The number of hydrogen-bond donors (Lipinski definition) is 1. The average molecular weight is 421 g/mol. The second-order valence-corrected chi connectivity index (χ2v) is 8.22. The van der Waals surface area contributed by atoms with Crippen molar-refractivity contribution in [2.75, 3.05) is 0 Å². The molecule has 1 aliphatic carbocycles. The summed E-state index contributed by atoms with van der Waals surface area (Å²) in [4.78, 5) is 23.9. The van der Waals surface area contributed by atoms with Gasteiger partial charge in [-0.2, -0.15) is 5.26 Å². The van der Waals surface area contributed by atoms with Crippen LogP contribution in [0.1, 0.15) is 37.7 Å². The number of nitrogens with zero attached hydrogens (tertiary/aromatic N) is 2. The smallest absolute Gasteiger partial charge is 0.408 e. The van der Waals surface area contributed by atoms with Crippen LogP contribution in [-0.4, -0.2) is 16.5 Å². The van der Waals surface area contributed by atoms with Gasteiger partial charge in [-0.05, 0) is 53.6 Å². The van der Waals surface area contributed by atoms with E-state index in [1.165, 1.54) is 10.6 Å². The molecule has 0 unspecified atom stereocenters. The van der Waals surface area contributed by atoms with Crippen molar-refractivity contribution in [1.29, 1.82) is 5.26 Å². The molecule has 6 nitrogen and oxygen atoms in total. The summed E-state index contributed by atoms with van der Waals surface area (Å²) < 4.78 is 21.3. The molecule has 1 heterocycles. The molecule has 1 amide bonds. The van der Waals surface area contributed by atoms with Crippen LogP contribution >= 0.6 is 0 Å². The number of carbonyl (C=O) groups excluding carboxylic acids is 1. The summed E-state index contributed by atoms with van der Waals surface area (Å²) in [6, 6.07) is 11.3. The lowest BCUT2D eigenvalue weighted by atomic mass is 9.99. The summed E-state index contributed by atoms with van der Waals surface area (Å²) in [5, 5.41) is 12.2. The molecule has 1 aliphatic rings. The van der Waals surface area contributed by atoms with Crippen molar-refractivity contribution in [3.8, 4) is 17.2 Å². The van der Waals surface area contributed by atoms with Crippen molar-refractivity contribution >= 4 is 17.0 Å². The van der Waals surface area contributed by atoms with Crippen molar-refractivity contribution in [3.63, 3.8) is 0 Å². The van der Waals surface area contributed by atoms with Gasteiger partial charge in [0.2, 0.25) is 5.91 Å². The van der Waals surface area contributed by atoms with E-state index >= 15 is 0 Å². The highest BCUT2D eigenvalue weighted by molar-refractivity contribution is 5.80. The van der Waals surface area contributed by atoms with E-state index in [1.54, 1.807) is 37.4 Å². The normalized spacial score (nSPS) is 15.1. The Hall–Kier alpha value is -3.40. The van der Waals surface area contributed by atoms with Crippen molar-refractivity contribution in [2.45, 2.75) is 44.6 Å². The third-order valence-corrected chi connectivity index (χ3v) is 6.04. The van der Waals surface area contributed by atoms with Crippen molar-refractivity contribution in [2.24, 2.45) is 13.0 Å². The lowest BCUT2D eigenvalue weighted by molar-refractivity contribution is -0.122. The maximum Gasteiger partial charge on any atom is 0.419 e. The Morgan fingerprint density at radius 1 is 1.26 bits per heavy atom. The van der Waals surface area contributed by atoms with Gasteiger partial charge in [-0.1, -0.05) is 31.0 Å². The maximum absolute atomic E-state index is 14.8. The first kappa shape index (κ1) is 20.9. The number of nitrogens with one attached hydrogen (secondary N) is 1. The van der Waals surface area contributed by atoms with Crippen LogP contribution in [-0.2, 0) is 18.3 Å². The molecule has 1 fully saturated rings. The zero-order valence-corrected chi connectivity index (χ0v) is 17.4. The number of rotatable bonds is 6. The molecule has 0 bridgehead atoms. The van der Waals surface area contributed by atoms with Gasteiger partial charge in [0.1, 0.15) is 11.9 Å². The van der Waals surface area contributed by atoms with E-state index in [9.17, 15) is 19.2 Å². The molecule has 3 aromatic rings. The van der Waals surface area contributed by atoms with E-state index in [4.69, 9.17) is 4.42 Å². The molecular formula is C24H24FN3O3. The van der Waals surface area contributed by atoms with Gasteiger partial charge in [-0.3, -0.25) is 9.36 Å². The van der Waals surface area contributed by atoms with Gasteiger partial charge < -0.3 is 9.73 Å². The molecule has 31 heavy (non-hydrogen) atoms. The zero-order valence-electron chi connectivity index (χ0n) is 17.4. The SMILES string of the molecule is Cn1c(=O)oc2ccc(-c3ccc(C[C@@H](C#N)NC(=O)CC4CCCC4)c(F)c3)cc21. The molecule has 1 atom stereocenters. The highest BCUT2D eigenvalue weighted by Crippen LogP contribution is 2.28. The van der Waals surface area contributed by atoms with Gasteiger partial charge in [-0.15, -0.1) is 0 Å². The van der Waals surface area contributed by atoms with Crippen molar-refractivity contribution in [1.82, 2.24) is 9.88 Å². The number of carbonyl (C=O) groups is 1. The van der Waals surface area contributed by atoms with Gasteiger partial charge in [0.25, 0.3) is 0 Å². The number of amides is 1. The number of aromatic nitrogens is 1. The zero-order chi connectivity index (χ0) is 22.0. The number of oxazole rings is 1. The third kappa shape index (κ3) is 4.53. The van der Waals surface area contributed by atoms with Gasteiger partial charge in [0, 0.05) is 19.9 Å². The molecule has 4 rings (SSSR count). The lowest BCUT2D eigenvalue weighted by Gasteiger charge is -2.15. The second kappa shape index (κ2) is 8.76. The minimum absolute atomic E-state index is 0.105. The number of hydrogen-bond acceptors (Lipinski definition) is 4. The van der Waals surface area contributed by atoms with Crippen LogP contribution in [0.2, 0.25) is 0 Å².